The zero-order valence-electron chi connectivity index (χ0n) is 12.5. The van der Waals surface area contributed by atoms with Crippen molar-refractivity contribution in [1.82, 2.24) is 5.32 Å². The third kappa shape index (κ3) is 4.21. The highest BCUT2D eigenvalue weighted by molar-refractivity contribution is 6.31. The van der Waals surface area contributed by atoms with E-state index < -0.39 is 11.9 Å². The normalized spacial score (nSPS) is 17.0. The van der Waals surface area contributed by atoms with E-state index in [9.17, 15) is 14.7 Å². The van der Waals surface area contributed by atoms with Gasteiger partial charge in [0.05, 0.1) is 5.92 Å². The first-order chi connectivity index (χ1) is 10.5. The van der Waals surface area contributed by atoms with Crippen LogP contribution in [-0.4, -0.2) is 36.7 Å². The van der Waals surface area contributed by atoms with E-state index in [0.29, 0.717) is 36.6 Å². The minimum absolute atomic E-state index is 0.0403. The number of rotatable bonds is 5. The van der Waals surface area contributed by atoms with Gasteiger partial charge in [-0.25, -0.2) is 0 Å². The Labute approximate surface area is 134 Å². The van der Waals surface area contributed by atoms with E-state index in [0.717, 1.165) is 5.56 Å². The van der Waals surface area contributed by atoms with E-state index in [1.807, 2.05) is 6.92 Å². The summed E-state index contributed by atoms with van der Waals surface area (Å²) in [6.07, 6.45) is 1.43. The molecule has 1 aromatic rings. The number of carbonyl (C=O) groups excluding carboxylic acids is 1. The Bertz CT molecular complexity index is 555. The first kappa shape index (κ1) is 16.8. The van der Waals surface area contributed by atoms with Gasteiger partial charge in [-0.1, -0.05) is 11.6 Å². The second-order valence-electron chi connectivity index (χ2n) is 5.57. The molecule has 1 aliphatic rings. The number of carboxylic acids is 1. The Kier molecular flexibility index (Phi) is 5.80. The number of halogens is 1. The molecule has 0 bridgehead atoms. The summed E-state index contributed by atoms with van der Waals surface area (Å²) in [4.78, 5) is 23.6. The maximum absolute atomic E-state index is 12.1. The average Bonchev–Trinajstić information content (AvgIpc) is 2.50. The van der Waals surface area contributed by atoms with Crippen LogP contribution >= 0.6 is 11.6 Å². The van der Waals surface area contributed by atoms with Crippen LogP contribution in [0, 0.1) is 18.8 Å². The van der Waals surface area contributed by atoms with Crippen molar-refractivity contribution >= 4 is 23.5 Å². The van der Waals surface area contributed by atoms with Gasteiger partial charge < -0.3 is 15.2 Å². The first-order valence-corrected chi connectivity index (χ1v) is 7.71. The summed E-state index contributed by atoms with van der Waals surface area (Å²) in [5.74, 6) is -1.70. The molecular formula is C16H20ClNO4. The second kappa shape index (κ2) is 7.61. The molecular weight excluding hydrogens is 306 g/mol. The lowest BCUT2D eigenvalue weighted by Crippen LogP contribution is -2.39. The number of nitrogens with one attached hydrogen (secondary N) is 1. The van der Waals surface area contributed by atoms with Gasteiger partial charge in [0.25, 0.3) is 5.91 Å². The van der Waals surface area contributed by atoms with Gasteiger partial charge in [-0.3, -0.25) is 9.59 Å². The van der Waals surface area contributed by atoms with Crippen molar-refractivity contribution in [2.24, 2.45) is 11.8 Å². The highest BCUT2D eigenvalue weighted by Gasteiger charge is 2.30. The third-order valence-electron chi connectivity index (χ3n) is 4.05. The molecule has 2 rings (SSSR count). The molecule has 0 radical (unpaired) electrons. The van der Waals surface area contributed by atoms with Crippen LogP contribution in [0.2, 0.25) is 5.02 Å². The van der Waals surface area contributed by atoms with Crippen molar-refractivity contribution in [2.45, 2.75) is 19.8 Å². The van der Waals surface area contributed by atoms with Gasteiger partial charge in [-0.2, -0.15) is 0 Å². The second-order valence-corrected chi connectivity index (χ2v) is 5.98. The molecule has 1 aliphatic heterocycles. The van der Waals surface area contributed by atoms with Gasteiger partial charge in [0, 0.05) is 30.3 Å². The van der Waals surface area contributed by atoms with Crippen LogP contribution in [0.5, 0.6) is 0 Å². The van der Waals surface area contributed by atoms with Crippen molar-refractivity contribution < 1.29 is 19.4 Å². The fourth-order valence-corrected chi connectivity index (χ4v) is 2.78. The van der Waals surface area contributed by atoms with Gasteiger partial charge >= 0.3 is 5.97 Å². The van der Waals surface area contributed by atoms with Gasteiger partial charge in [0.15, 0.2) is 0 Å². The fraction of sp³-hybridized carbons (Fsp3) is 0.500. The fourth-order valence-electron chi connectivity index (χ4n) is 2.66. The Balaban J connectivity index is 1.97. The molecule has 0 saturated carbocycles. The summed E-state index contributed by atoms with van der Waals surface area (Å²) in [6, 6.07) is 5.00. The van der Waals surface area contributed by atoms with E-state index in [1.165, 1.54) is 0 Å². The predicted molar refractivity (Wildman–Crippen MR) is 83.2 cm³/mol. The number of ether oxygens (including phenoxy) is 1. The summed E-state index contributed by atoms with van der Waals surface area (Å²) in [5.41, 5.74) is 1.30. The molecule has 1 fully saturated rings. The van der Waals surface area contributed by atoms with E-state index in [1.54, 1.807) is 18.2 Å². The molecule has 6 heteroatoms. The molecule has 1 atom stereocenters. The number of hydrogen-bond donors (Lipinski definition) is 2. The number of benzene rings is 1. The molecule has 120 valence electrons. The smallest absolute Gasteiger partial charge is 0.308 e. The van der Waals surface area contributed by atoms with E-state index in [-0.39, 0.29) is 18.4 Å². The highest BCUT2D eigenvalue weighted by atomic mass is 35.5. The summed E-state index contributed by atoms with van der Waals surface area (Å²) in [5, 5.41) is 12.7. The van der Waals surface area contributed by atoms with Crippen molar-refractivity contribution in [3.05, 3.63) is 34.3 Å². The van der Waals surface area contributed by atoms with Gasteiger partial charge in [-0.05, 0) is 49.4 Å². The Morgan fingerprint density at radius 2 is 2.09 bits per heavy atom. The van der Waals surface area contributed by atoms with Crippen LogP contribution in [0.3, 0.4) is 0 Å². The molecule has 1 aromatic carbocycles. The highest BCUT2D eigenvalue weighted by Crippen LogP contribution is 2.24. The molecule has 1 heterocycles. The molecule has 1 amide bonds. The maximum Gasteiger partial charge on any atom is 0.308 e. The lowest BCUT2D eigenvalue weighted by molar-refractivity contribution is -0.144. The van der Waals surface area contributed by atoms with Crippen molar-refractivity contribution in [3.8, 4) is 0 Å². The van der Waals surface area contributed by atoms with Gasteiger partial charge in [0.2, 0.25) is 0 Å². The monoisotopic (exact) mass is 325 g/mol. The minimum Gasteiger partial charge on any atom is -0.481 e. The van der Waals surface area contributed by atoms with Gasteiger partial charge in [-0.15, -0.1) is 0 Å². The Morgan fingerprint density at radius 1 is 1.41 bits per heavy atom. The summed E-state index contributed by atoms with van der Waals surface area (Å²) < 4.78 is 5.26. The van der Waals surface area contributed by atoms with Crippen LogP contribution in [0.25, 0.3) is 0 Å². The number of amides is 1. The standard InChI is InChI=1S/C16H20ClNO4/c1-10-8-12(2-3-14(10)17)15(19)18-9-13(16(20)21)11-4-6-22-7-5-11/h2-3,8,11,13H,4-7,9H2,1H3,(H,18,19)(H,20,21). The quantitative estimate of drug-likeness (QED) is 0.872. The van der Waals surface area contributed by atoms with Crippen LogP contribution in [0.15, 0.2) is 18.2 Å². The number of carbonyl (C=O) groups is 2. The lowest BCUT2D eigenvalue weighted by atomic mass is 9.86. The number of hydrogen-bond acceptors (Lipinski definition) is 3. The number of carboxylic acid groups (broad SMARTS) is 1. The predicted octanol–water partition coefficient (Wildman–Crippen LogP) is 2.51. The average molecular weight is 326 g/mol. The summed E-state index contributed by atoms with van der Waals surface area (Å²) in [6.45, 7) is 3.11. The molecule has 22 heavy (non-hydrogen) atoms. The third-order valence-corrected chi connectivity index (χ3v) is 4.48. The van der Waals surface area contributed by atoms with E-state index >= 15 is 0 Å². The Hall–Kier alpha value is -1.59. The molecule has 5 nitrogen and oxygen atoms in total. The number of aliphatic carboxylic acids is 1. The topological polar surface area (TPSA) is 75.6 Å². The number of aryl methyl sites for hydroxylation is 1. The zero-order valence-corrected chi connectivity index (χ0v) is 13.2. The first-order valence-electron chi connectivity index (χ1n) is 7.34. The summed E-state index contributed by atoms with van der Waals surface area (Å²) in [7, 11) is 0. The molecule has 0 spiro atoms. The lowest BCUT2D eigenvalue weighted by Gasteiger charge is -2.27. The summed E-state index contributed by atoms with van der Waals surface area (Å²) >= 11 is 5.93. The zero-order chi connectivity index (χ0) is 16.1. The van der Waals surface area contributed by atoms with E-state index in [4.69, 9.17) is 16.3 Å². The Morgan fingerprint density at radius 3 is 2.68 bits per heavy atom. The largest absolute Gasteiger partial charge is 0.481 e. The van der Waals surface area contributed by atoms with Crippen molar-refractivity contribution in [1.29, 1.82) is 0 Å². The SMILES string of the molecule is Cc1cc(C(=O)NCC(C(=O)O)C2CCOCC2)ccc1Cl. The molecule has 0 aromatic heterocycles. The van der Waals surface area contributed by atoms with Crippen molar-refractivity contribution in [3.63, 3.8) is 0 Å². The minimum atomic E-state index is -0.875. The van der Waals surface area contributed by atoms with Gasteiger partial charge in [0.1, 0.15) is 0 Å². The molecule has 2 N–H and O–H groups in total. The van der Waals surface area contributed by atoms with Crippen LogP contribution < -0.4 is 5.32 Å². The maximum atomic E-state index is 12.1. The van der Waals surface area contributed by atoms with Crippen LogP contribution in [-0.2, 0) is 9.53 Å². The molecule has 0 aliphatic carbocycles. The van der Waals surface area contributed by atoms with Crippen LogP contribution in [0.4, 0.5) is 0 Å². The van der Waals surface area contributed by atoms with E-state index in [2.05, 4.69) is 5.32 Å². The molecule has 1 saturated heterocycles. The van der Waals surface area contributed by atoms with Crippen molar-refractivity contribution in [2.75, 3.05) is 19.8 Å². The van der Waals surface area contributed by atoms with Crippen LogP contribution in [0.1, 0.15) is 28.8 Å². The molecule has 1 unspecified atom stereocenters.